The molecule has 2 nitrogen and oxygen atoms in total. The molecular formula is C12H18ClNO. The van der Waals surface area contributed by atoms with Crippen molar-refractivity contribution in [2.24, 2.45) is 5.73 Å². The zero-order valence-corrected chi connectivity index (χ0v) is 9.96. The first-order valence-electron chi connectivity index (χ1n) is 5.23. The molecule has 0 fully saturated rings. The average molecular weight is 228 g/mol. The molecule has 84 valence electrons. The Bertz CT molecular complexity index is 325. The van der Waals surface area contributed by atoms with E-state index in [-0.39, 0.29) is 0 Å². The minimum Gasteiger partial charge on any atom is -0.388 e. The summed E-state index contributed by atoms with van der Waals surface area (Å²) in [6, 6.07) is 5.66. The molecule has 0 aliphatic heterocycles. The van der Waals surface area contributed by atoms with Gasteiger partial charge >= 0.3 is 0 Å². The Labute approximate surface area is 96.1 Å². The number of rotatable bonds is 4. The second-order valence-corrected chi connectivity index (χ2v) is 4.46. The lowest BCUT2D eigenvalue weighted by molar-refractivity contribution is 0.169. The minimum atomic E-state index is -0.508. The molecule has 1 atom stereocenters. The molecule has 3 N–H and O–H groups in total. The van der Waals surface area contributed by atoms with Crippen LogP contribution in [0.3, 0.4) is 0 Å². The number of hydrogen-bond acceptors (Lipinski definition) is 2. The summed E-state index contributed by atoms with van der Waals surface area (Å²) in [5, 5.41) is 10.6. The lowest BCUT2D eigenvalue weighted by atomic mass is 9.93. The highest BCUT2D eigenvalue weighted by Crippen LogP contribution is 2.29. The van der Waals surface area contributed by atoms with E-state index in [9.17, 15) is 5.11 Å². The molecule has 0 bridgehead atoms. The van der Waals surface area contributed by atoms with Gasteiger partial charge < -0.3 is 10.8 Å². The van der Waals surface area contributed by atoms with Gasteiger partial charge in [0.2, 0.25) is 0 Å². The largest absolute Gasteiger partial charge is 0.388 e. The third-order valence-electron chi connectivity index (χ3n) is 2.47. The first-order valence-corrected chi connectivity index (χ1v) is 5.61. The highest BCUT2D eigenvalue weighted by atomic mass is 35.5. The van der Waals surface area contributed by atoms with E-state index in [1.54, 1.807) is 0 Å². The molecule has 0 heterocycles. The maximum absolute atomic E-state index is 9.94. The van der Waals surface area contributed by atoms with Crippen LogP contribution in [0.1, 0.15) is 43.4 Å². The monoisotopic (exact) mass is 227 g/mol. The van der Waals surface area contributed by atoms with Crippen molar-refractivity contribution >= 4 is 11.6 Å². The van der Waals surface area contributed by atoms with E-state index in [2.05, 4.69) is 13.8 Å². The van der Waals surface area contributed by atoms with Crippen LogP contribution in [0.4, 0.5) is 0 Å². The summed E-state index contributed by atoms with van der Waals surface area (Å²) in [4.78, 5) is 0. The Balaban J connectivity index is 3.06. The summed E-state index contributed by atoms with van der Waals surface area (Å²) in [6.07, 6.45) is 0.0613. The Hall–Kier alpha value is -0.570. The van der Waals surface area contributed by atoms with Gasteiger partial charge in [0.1, 0.15) is 0 Å². The topological polar surface area (TPSA) is 46.2 Å². The van der Waals surface area contributed by atoms with Crippen molar-refractivity contribution in [3.8, 4) is 0 Å². The maximum Gasteiger partial charge on any atom is 0.0805 e. The molecule has 1 aromatic rings. The summed E-state index contributed by atoms with van der Waals surface area (Å²) in [5.41, 5.74) is 7.48. The summed E-state index contributed by atoms with van der Waals surface area (Å²) in [6.45, 7) is 4.68. The van der Waals surface area contributed by atoms with Gasteiger partial charge in [0, 0.05) is 5.02 Å². The summed E-state index contributed by atoms with van der Waals surface area (Å²) in [5.74, 6) is 0.379. The highest BCUT2D eigenvalue weighted by molar-refractivity contribution is 6.30. The van der Waals surface area contributed by atoms with Crippen molar-refractivity contribution < 1.29 is 5.11 Å². The number of benzene rings is 1. The van der Waals surface area contributed by atoms with Gasteiger partial charge in [-0.05, 0) is 42.1 Å². The summed E-state index contributed by atoms with van der Waals surface area (Å²) >= 11 is 5.92. The first-order chi connectivity index (χ1) is 7.06. The molecule has 0 radical (unpaired) electrons. The predicted octanol–water partition coefficient (Wildman–Crippen LogP) is 2.85. The molecule has 1 unspecified atom stereocenters. The Morgan fingerprint density at radius 1 is 1.33 bits per heavy atom. The number of halogens is 1. The lowest BCUT2D eigenvalue weighted by Crippen LogP contribution is -2.09. The van der Waals surface area contributed by atoms with Crippen molar-refractivity contribution in [1.82, 2.24) is 0 Å². The zero-order chi connectivity index (χ0) is 11.4. The first kappa shape index (κ1) is 12.5. The van der Waals surface area contributed by atoms with Crippen LogP contribution in [0.25, 0.3) is 0 Å². The van der Waals surface area contributed by atoms with Gasteiger partial charge in [-0.15, -0.1) is 0 Å². The zero-order valence-electron chi connectivity index (χ0n) is 9.20. The second kappa shape index (κ2) is 5.50. The third-order valence-corrected chi connectivity index (χ3v) is 2.71. The molecular weight excluding hydrogens is 210 g/mol. The quantitative estimate of drug-likeness (QED) is 0.831. The fourth-order valence-corrected chi connectivity index (χ4v) is 1.85. The maximum atomic E-state index is 9.94. The lowest BCUT2D eigenvalue weighted by Gasteiger charge is -2.17. The van der Waals surface area contributed by atoms with Crippen LogP contribution < -0.4 is 5.73 Å². The van der Waals surface area contributed by atoms with E-state index < -0.39 is 6.10 Å². The van der Waals surface area contributed by atoms with Crippen molar-refractivity contribution in [2.45, 2.75) is 32.3 Å². The predicted molar refractivity (Wildman–Crippen MR) is 64.2 cm³/mol. The van der Waals surface area contributed by atoms with E-state index in [0.29, 0.717) is 23.9 Å². The highest BCUT2D eigenvalue weighted by Gasteiger charge is 2.14. The van der Waals surface area contributed by atoms with Crippen molar-refractivity contribution in [3.05, 3.63) is 34.3 Å². The average Bonchev–Trinajstić information content (AvgIpc) is 2.17. The molecule has 3 heteroatoms. The second-order valence-electron chi connectivity index (χ2n) is 4.02. The van der Waals surface area contributed by atoms with E-state index in [1.807, 2.05) is 18.2 Å². The van der Waals surface area contributed by atoms with Crippen LogP contribution in [0.5, 0.6) is 0 Å². The van der Waals surface area contributed by atoms with Crippen LogP contribution in [-0.2, 0) is 0 Å². The molecule has 0 aliphatic carbocycles. The van der Waals surface area contributed by atoms with Crippen LogP contribution in [-0.4, -0.2) is 11.7 Å². The molecule has 0 aliphatic rings. The number of aliphatic hydroxyl groups excluding tert-OH is 1. The fraction of sp³-hybridized carbons (Fsp3) is 0.500. The van der Waals surface area contributed by atoms with Crippen LogP contribution in [0.2, 0.25) is 5.02 Å². The van der Waals surface area contributed by atoms with Gasteiger partial charge in [-0.25, -0.2) is 0 Å². The van der Waals surface area contributed by atoms with Gasteiger partial charge in [-0.3, -0.25) is 0 Å². The van der Waals surface area contributed by atoms with E-state index in [1.165, 1.54) is 0 Å². The van der Waals surface area contributed by atoms with Crippen LogP contribution >= 0.6 is 11.6 Å². The van der Waals surface area contributed by atoms with E-state index in [4.69, 9.17) is 17.3 Å². The normalized spacial score (nSPS) is 13.2. The molecule has 0 saturated heterocycles. The van der Waals surface area contributed by atoms with Gasteiger partial charge in [-0.1, -0.05) is 31.5 Å². The molecule has 1 rings (SSSR count). The van der Waals surface area contributed by atoms with Gasteiger partial charge in [-0.2, -0.15) is 0 Å². The SMILES string of the molecule is CC(C)c1ccc(Cl)cc1C(O)CCN. The van der Waals surface area contributed by atoms with Crippen molar-refractivity contribution in [3.63, 3.8) is 0 Å². The van der Waals surface area contributed by atoms with Gasteiger partial charge in [0.25, 0.3) is 0 Å². The Morgan fingerprint density at radius 3 is 2.53 bits per heavy atom. The van der Waals surface area contributed by atoms with Crippen molar-refractivity contribution in [2.75, 3.05) is 6.54 Å². The summed E-state index contributed by atoms with van der Waals surface area (Å²) in [7, 11) is 0. The van der Waals surface area contributed by atoms with Crippen LogP contribution in [0, 0.1) is 0 Å². The number of hydrogen-bond donors (Lipinski definition) is 2. The van der Waals surface area contributed by atoms with E-state index >= 15 is 0 Å². The molecule has 1 aromatic carbocycles. The van der Waals surface area contributed by atoms with Crippen LogP contribution in [0.15, 0.2) is 18.2 Å². The van der Waals surface area contributed by atoms with Gasteiger partial charge in [0.15, 0.2) is 0 Å². The third kappa shape index (κ3) is 3.20. The molecule has 0 spiro atoms. The standard InChI is InChI=1S/C12H18ClNO/c1-8(2)10-4-3-9(13)7-11(10)12(15)5-6-14/h3-4,7-8,12,15H,5-6,14H2,1-2H3. The fourth-order valence-electron chi connectivity index (χ4n) is 1.67. The Morgan fingerprint density at radius 2 is 2.00 bits per heavy atom. The Kier molecular flexibility index (Phi) is 4.58. The smallest absolute Gasteiger partial charge is 0.0805 e. The molecule has 0 aromatic heterocycles. The number of nitrogens with two attached hydrogens (primary N) is 1. The van der Waals surface area contributed by atoms with E-state index in [0.717, 1.165) is 11.1 Å². The molecule has 0 amide bonds. The number of aliphatic hydroxyl groups is 1. The molecule has 15 heavy (non-hydrogen) atoms. The molecule has 0 saturated carbocycles. The van der Waals surface area contributed by atoms with Crippen molar-refractivity contribution in [1.29, 1.82) is 0 Å². The minimum absolute atomic E-state index is 0.379. The summed E-state index contributed by atoms with van der Waals surface area (Å²) < 4.78 is 0. The van der Waals surface area contributed by atoms with Gasteiger partial charge in [0.05, 0.1) is 6.10 Å².